The van der Waals surface area contributed by atoms with Crippen molar-refractivity contribution >= 4 is 0 Å². The molecule has 0 amide bonds. The molecule has 1 unspecified atom stereocenters. The van der Waals surface area contributed by atoms with Crippen LogP contribution in [0.2, 0.25) is 0 Å². The highest BCUT2D eigenvalue weighted by atomic mass is 16.5. The zero-order valence-electron chi connectivity index (χ0n) is 7.49. The van der Waals surface area contributed by atoms with Crippen molar-refractivity contribution in [2.75, 3.05) is 0 Å². The van der Waals surface area contributed by atoms with E-state index in [0.717, 1.165) is 11.6 Å². The summed E-state index contributed by atoms with van der Waals surface area (Å²) >= 11 is 0. The van der Waals surface area contributed by atoms with Crippen LogP contribution < -0.4 is 0 Å². The summed E-state index contributed by atoms with van der Waals surface area (Å²) in [5, 5.41) is 3.99. The Morgan fingerprint density at radius 2 is 2.25 bits per heavy atom. The molecule has 0 bridgehead atoms. The lowest BCUT2D eigenvalue weighted by Crippen LogP contribution is -2.05. The molecule has 2 heteroatoms. The monoisotopic (exact) mass is 165 g/mol. The van der Waals surface area contributed by atoms with Crippen molar-refractivity contribution < 1.29 is 4.52 Å². The van der Waals surface area contributed by atoms with E-state index in [4.69, 9.17) is 4.52 Å². The molecule has 1 heterocycles. The molecule has 1 atom stereocenters. The van der Waals surface area contributed by atoms with E-state index in [0.29, 0.717) is 5.92 Å². The third kappa shape index (κ3) is 1.38. The van der Waals surface area contributed by atoms with E-state index in [-0.39, 0.29) is 0 Å². The molecule has 0 radical (unpaired) electrons. The Hall–Kier alpha value is -0.790. The molecule has 1 aromatic heterocycles. The smallest absolute Gasteiger partial charge is 0.124 e. The highest BCUT2D eigenvalue weighted by Crippen LogP contribution is 2.36. The minimum Gasteiger partial charge on any atom is -0.365 e. The fourth-order valence-corrected chi connectivity index (χ4v) is 2.16. The Labute approximate surface area is 72.9 Å². The SMILES string of the molecule is CC(c1ccon1)C1CCCC1. The molecule has 0 saturated heterocycles. The largest absolute Gasteiger partial charge is 0.365 e. The maximum atomic E-state index is 4.85. The van der Waals surface area contributed by atoms with Gasteiger partial charge in [0.25, 0.3) is 0 Å². The Balaban J connectivity index is 2.04. The quantitative estimate of drug-likeness (QED) is 0.673. The van der Waals surface area contributed by atoms with E-state index in [1.807, 2.05) is 6.07 Å². The van der Waals surface area contributed by atoms with Crippen LogP contribution in [-0.4, -0.2) is 5.16 Å². The van der Waals surface area contributed by atoms with Crippen molar-refractivity contribution in [2.45, 2.75) is 38.5 Å². The summed E-state index contributed by atoms with van der Waals surface area (Å²) in [5.74, 6) is 1.43. The van der Waals surface area contributed by atoms with Crippen molar-refractivity contribution in [2.24, 2.45) is 5.92 Å². The van der Waals surface area contributed by atoms with Gasteiger partial charge in [0.05, 0.1) is 5.69 Å². The average molecular weight is 165 g/mol. The van der Waals surface area contributed by atoms with Crippen LogP contribution in [0.1, 0.15) is 44.2 Å². The molecule has 2 nitrogen and oxygen atoms in total. The molecule has 1 aliphatic carbocycles. The van der Waals surface area contributed by atoms with E-state index < -0.39 is 0 Å². The maximum Gasteiger partial charge on any atom is 0.124 e. The van der Waals surface area contributed by atoms with Gasteiger partial charge in [-0.05, 0) is 18.8 Å². The molecule has 0 N–H and O–H groups in total. The zero-order chi connectivity index (χ0) is 8.39. The second-order valence-corrected chi connectivity index (χ2v) is 3.76. The first-order chi connectivity index (χ1) is 5.88. The van der Waals surface area contributed by atoms with Crippen LogP contribution in [-0.2, 0) is 0 Å². The van der Waals surface area contributed by atoms with Crippen LogP contribution in [0.3, 0.4) is 0 Å². The second-order valence-electron chi connectivity index (χ2n) is 3.76. The van der Waals surface area contributed by atoms with Gasteiger partial charge in [0.1, 0.15) is 6.26 Å². The summed E-state index contributed by atoms with van der Waals surface area (Å²) in [6.07, 6.45) is 7.20. The van der Waals surface area contributed by atoms with Gasteiger partial charge in [-0.1, -0.05) is 24.9 Å². The molecule has 1 aliphatic rings. The molecule has 66 valence electrons. The van der Waals surface area contributed by atoms with Gasteiger partial charge in [0.2, 0.25) is 0 Å². The molecule has 1 saturated carbocycles. The molecular weight excluding hydrogens is 150 g/mol. The van der Waals surface area contributed by atoms with Crippen LogP contribution >= 0.6 is 0 Å². The lowest BCUT2D eigenvalue weighted by molar-refractivity contribution is 0.383. The highest BCUT2D eigenvalue weighted by molar-refractivity contribution is 5.04. The number of aromatic nitrogens is 1. The third-order valence-electron chi connectivity index (χ3n) is 3.03. The van der Waals surface area contributed by atoms with Crippen LogP contribution in [0.25, 0.3) is 0 Å². The summed E-state index contributed by atoms with van der Waals surface area (Å²) in [7, 11) is 0. The Morgan fingerprint density at radius 1 is 1.50 bits per heavy atom. The molecule has 0 aromatic carbocycles. The first-order valence-electron chi connectivity index (χ1n) is 4.78. The summed E-state index contributed by atoms with van der Waals surface area (Å²) in [5.41, 5.74) is 1.13. The number of rotatable bonds is 2. The van der Waals surface area contributed by atoms with Gasteiger partial charge in [-0.2, -0.15) is 0 Å². The molecule has 1 fully saturated rings. The molecule has 0 aliphatic heterocycles. The van der Waals surface area contributed by atoms with Crippen molar-refractivity contribution in [3.8, 4) is 0 Å². The fraction of sp³-hybridized carbons (Fsp3) is 0.700. The Kier molecular flexibility index (Phi) is 2.15. The van der Waals surface area contributed by atoms with Crippen molar-refractivity contribution in [1.29, 1.82) is 0 Å². The van der Waals surface area contributed by atoms with Gasteiger partial charge in [0.15, 0.2) is 0 Å². The predicted molar refractivity (Wildman–Crippen MR) is 46.9 cm³/mol. The fourth-order valence-electron chi connectivity index (χ4n) is 2.16. The van der Waals surface area contributed by atoms with E-state index in [2.05, 4.69) is 12.1 Å². The molecule has 12 heavy (non-hydrogen) atoms. The van der Waals surface area contributed by atoms with Crippen molar-refractivity contribution in [3.63, 3.8) is 0 Å². The lowest BCUT2D eigenvalue weighted by atomic mass is 9.90. The van der Waals surface area contributed by atoms with E-state index in [9.17, 15) is 0 Å². The first-order valence-corrected chi connectivity index (χ1v) is 4.78. The zero-order valence-corrected chi connectivity index (χ0v) is 7.49. The highest BCUT2D eigenvalue weighted by Gasteiger charge is 2.24. The van der Waals surface area contributed by atoms with Crippen molar-refractivity contribution in [1.82, 2.24) is 5.16 Å². The summed E-state index contributed by atoms with van der Waals surface area (Å²) in [4.78, 5) is 0. The minimum atomic E-state index is 0.589. The van der Waals surface area contributed by atoms with E-state index >= 15 is 0 Å². The standard InChI is InChI=1S/C10H15NO/c1-8(9-4-2-3-5-9)10-6-7-12-11-10/h6-9H,2-5H2,1H3. The van der Waals surface area contributed by atoms with Gasteiger partial charge in [0, 0.05) is 12.0 Å². The number of hydrogen-bond donors (Lipinski definition) is 0. The summed E-state index contributed by atoms with van der Waals surface area (Å²) < 4.78 is 4.85. The van der Waals surface area contributed by atoms with Gasteiger partial charge < -0.3 is 4.52 Å². The van der Waals surface area contributed by atoms with Gasteiger partial charge >= 0.3 is 0 Å². The molecular formula is C10H15NO. The molecule has 1 aromatic rings. The number of nitrogens with zero attached hydrogens (tertiary/aromatic N) is 1. The van der Waals surface area contributed by atoms with Crippen molar-refractivity contribution in [3.05, 3.63) is 18.0 Å². The Bertz CT molecular complexity index is 224. The summed E-state index contributed by atoms with van der Waals surface area (Å²) in [6, 6.07) is 1.99. The maximum absolute atomic E-state index is 4.85. The third-order valence-corrected chi connectivity index (χ3v) is 3.03. The van der Waals surface area contributed by atoms with Crippen LogP contribution in [0, 0.1) is 5.92 Å². The topological polar surface area (TPSA) is 26.0 Å². The van der Waals surface area contributed by atoms with E-state index in [1.54, 1.807) is 6.26 Å². The predicted octanol–water partition coefficient (Wildman–Crippen LogP) is 2.97. The average Bonchev–Trinajstić information content (AvgIpc) is 2.77. The van der Waals surface area contributed by atoms with Gasteiger partial charge in [-0.3, -0.25) is 0 Å². The Morgan fingerprint density at radius 3 is 2.83 bits per heavy atom. The van der Waals surface area contributed by atoms with Crippen LogP contribution in [0.15, 0.2) is 16.9 Å². The molecule has 2 rings (SSSR count). The first kappa shape index (κ1) is 7.84. The lowest BCUT2D eigenvalue weighted by Gasteiger charge is -2.15. The van der Waals surface area contributed by atoms with Gasteiger partial charge in [-0.15, -0.1) is 0 Å². The number of hydrogen-bond acceptors (Lipinski definition) is 2. The minimum absolute atomic E-state index is 0.589. The summed E-state index contributed by atoms with van der Waals surface area (Å²) in [6.45, 7) is 2.26. The van der Waals surface area contributed by atoms with Crippen LogP contribution in [0.4, 0.5) is 0 Å². The van der Waals surface area contributed by atoms with E-state index in [1.165, 1.54) is 25.7 Å². The second kappa shape index (κ2) is 3.30. The molecule has 0 spiro atoms. The van der Waals surface area contributed by atoms with Crippen LogP contribution in [0.5, 0.6) is 0 Å². The normalized spacial score (nSPS) is 21.4. The van der Waals surface area contributed by atoms with Gasteiger partial charge in [-0.25, -0.2) is 0 Å².